The van der Waals surface area contributed by atoms with Crippen molar-refractivity contribution in [3.63, 3.8) is 0 Å². The Morgan fingerprint density at radius 1 is 1.04 bits per heavy atom. The average Bonchev–Trinajstić information content (AvgIpc) is 2.61. The maximum atomic E-state index is 14.5. The minimum Gasteiger partial charge on any atom is -0.376 e. The molecule has 2 atom stereocenters. The summed E-state index contributed by atoms with van der Waals surface area (Å²) in [5.41, 5.74) is 1.51. The number of halogens is 3. The Morgan fingerprint density at radius 3 is 2.38 bits per heavy atom. The summed E-state index contributed by atoms with van der Waals surface area (Å²) in [6, 6.07) is 8.35. The predicted octanol–water partition coefficient (Wildman–Crippen LogP) is 4.73. The van der Waals surface area contributed by atoms with Crippen LogP contribution in [0.2, 0.25) is 0 Å². The number of hydrogen-bond donors (Lipinski definition) is 0. The van der Waals surface area contributed by atoms with Gasteiger partial charge < -0.3 is 4.90 Å². The number of hydrogen-bond acceptors (Lipinski definition) is 2. The standard InChI is InChI=1S/C20H18F3NOS/c1-13-9-10-24(2)12-18(13)20(17-11-15(22)5-8-19(17)23)26(25)16-6-3-14(21)4-7-16/h3-9,11-12,20H,10H2,1-2H3. The molecular formula is C20H18F3NOS. The molecule has 2 aromatic carbocycles. The van der Waals surface area contributed by atoms with Crippen molar-refractivity contribution >= 4 is 10.8 Å². The van der Waals surface area contributed by atoms with Crippen LogP contribution in [0.15, 0.2) is 70.8 Å². The van der Waals surface area contributed by atoms with Crippen LogP contribution >= 0.6 is 0 Å². The molecule has 1 aliphatic rings. The zero-order valence-corrected chi connectivity index (χ0v) is 15.2. The SMILES string of the molecule is CC1=CCN(C)C=C1C(c1cc(F)ccc1F)S(=O)c1ccc(F)cc1. The summed E-state index contributed by atoms with van der Waals surface area (Å²) in [5.74, 6) is -1.69. The third kappa shape index (κ3) is 3.75. The molecule has 0 radical (unpaired) electrons. The largest absolute Gasteiger partial charge is 0.376 e. The smallest absolute Gasteiger partial charge is 0.128 e. The van der Waals surface area contributed by atoms with Crippen molar-refractivity contribution in [2.24, 2.45) is 0 Å². The van der Waals surface area contributed by atoms with Crippen LogP contribution in [0.4, 0.5) is 13.2 Å². The van der Waals surface area contributed by atoms with Crippen LogP contribution in [-0.2, 0) is 10.8 Å². The minimum absolute atomic E-state index is 0.0157. The fourth-order valence-corrected chi connectivity index (χ4v) is 4.45. The molecule has 0 bridgehead atoms. The molecule has 0 N–H and O–H groups in total. The van der Waals surface area contributed by atoms with E-state index in [1.165, 1.54) is 24.3 Å². The van der Waals surface area contributed by atoms with Crippen LogP contribution in [-0.4, -0.2) is 22.7 Å². The molecule has 2 unspecified atom stereocenters. The lowest BCUT2D eigenvalue weighted by molar-refractivity contribution is 0.493. The van der Waals surface area contributed by atoms with Gasteiger partial charge in [0, 0.05) is 30.3 Å². The van der Waals surface area contributed by atoms with E-state index in [2.05, 4.69) is 0 Å². The van der Waals surface area contributed by atoms with E-state index in [1.807, 2.05) is 24.9 Å². The van der Waals surface area contributed by atoms with Crippen molar-refractivity contribution in [2.45, 2.75) is 17.1 Å². The summed E-state index contributed by atoms with van der Waals surface area (Å²) < 4.78 is 54.8. The minimum atomic E-state index is -1.74. The number of nitrogens with zero attached hydrogens (tertiary/aromatic N) is 1. The second kappa shape index (κ2) is 7.50. The van der Waals surface area contributed by atoms with Crippen LogP contribution in [0, 0.1) is 17.5 Å². The van der Waals surface area contributed by atoms with Gasteiger partial charge in [-0.2, -0.15) is 0 Å². The van der Waals surface area contributed by atoms with Crippen LogP contribution in [0.5, 0.6) is 0 Å². The third-order valence-electron chi connectivity index (χ3n) is 4.28. The van der Waals surface area contributed by atoms with Gasteiger partial charge in [0.15, 0.2) is 0 Å². The molecule has 2 nitrogen and oxygen atoms in total. The van der Waals surface area contributed by atoms with E-state index in [4.69, 9.17) is 0 Å². The molecule has 0 amide bonds. The van der Waals surface area contributed by atoms with Gasteiger partial charge >= 0.3 is 0 Å². The summed E-state index contributed by atoms with van der Waals surface area (Å²) in [6.07, 6.45) is 3.74. The van der Waals surface area contributed by atoms with Crippen LogP contribution in [0.1, 0.15) is 17.7 Å². The second-order valence-corrected chi connectivity index (χ2v) is 7.75. The molecule has 1 aliphatic heterocycles. The summed E-state index contributed by atoms with van der Waals surface area (Å²) in [7, 11) is 0.109. The van der Waals surface area contributed by atoms with Crippen LogP contribution in [0.25, 0.3) is 0 Å². The van der Waals surface area contributed by atoms with Crippen molar-refractivity contribution in [3.05, 3.63) is 88.9 Å². The monoisotopic (exact) mass is 377 g/mol. The van der Waals surface area contributed by atoms with E-state index in [0.717, 1.165) is 23.8 Å². The lowest BCUT2D eigenvalue weighted by Gasteiger charge is -2.27. The van der Waals surface area contributed by atoms with Crippen molar-refractivity contribution in [3.8, 4) is 0 Å². The van der Waals surface area contributed by atoms with Gasteiger partial charge in [0.1, 0.15) is 17.5 Å². The quantitative estimate of drug-likeness (QED) is 0.768. The van der Waals surface area contributed by atoms with Gasteiger partial charge in [-0.05, 0) is 60.5 Å². The molecule has 3 rings (SSSR count). The first-order valence-corrected chi connectivity index (χ1v) is 9.28. The number of benzene rings is 2. The van der Waals surface area contributed by atoms with Gasteiger partial charge in [-0.15, -0.1) is 0 Å². The summed E-state index contributed by atoms with van der Waals surface area (Å²) in [5, 5.41) is -0.907. The number of allylic oxidation sites excluding steroid dienone is 1. The maximum Gasteiger partial charge on any atom is 0.128 e. The highest BCUT2D eigenvalue weighted by Gasteiger charge is 2.30. The fourth-order valence-electron chi connectivity index (χ4n) is 2.88. The van der Waals surface area contributed by atoms with E-state index < -0.39 is 33.5 Å². The van der Waals surface area contributed by atoms with Crippen molar-refractivity contribution in [1.29, 1.82) is 0 Å². The molecule has 2 aromatic rings. The first-order valence-electron chi connectivity index (χ1n) is 8.07. The third-order valence-corrected chi connectivity index (χ3v) is 5.96. The molecule has 26 heavy (non-hydrogen) atoms. The lowest BCUT2D eigenvalue weighted by Crippen LogP contribution is -2.21. The van der Waals surface area contributed by atoms with Gasteiger partial charge in [0.2, 0.25) is 0 Å². The van der Waals surface area contributed by atoms with Crippen LogP contribution < -0.4 is 0 Å². The highest BCUT2D eigenvalue weighted by Crippen LogP contribution is 2.38. The van der Waals surface area contributed by atoms with Gasteiger partial charge in [-0.3, -0.25) is 4.21 Å². The fraction of sp³-hybridized carbons (Fsp3) is 0.200. The van der Waals surface area contributed by atoms with Gasteiger partial charge in [0.25, 0.3) is 0 Å². The zero-order valence-electron chi connectivity index (χ0n) is 14.4. The van der Waals surface area contributed by atoms with E-state index >= 15 is 0 Å². The summed E-state index contributed by atoms with van der Waals surface area (Å²) >= 11 is 0. The highest BCUT2D eigenvalue weighted by molar-refractivity contribution is 7.85. The first-order chi connectivity index (χ1) is 12.4. The Morgan fingerprint density at radius 2 is 1.69 bits per heavy atom. The molecular weight excluding hydrogens is 359 g/mol. The Hall–Kier alpha value is -2.34. The van der Waals surface area contributed by atoms with Crippen molar-refractivity contribution < 1.29 is 17.4 Å². The number of likely N-dealkylation sites (N-methyl/N-ethyl adjacent to an activating group) is 1. The molecule has 0 aliphatic carbocycles. The zero-order chi connectivity index (χ0) is 18.8. The topological polar surface area (TPSA) is 20.3 Å². The van der Waals surface area contributed by atoms with E-state index in [9.17, 15) is 17.4 Å². The Kier molecular flexibility index (Phi) is 5.32. The van der Waals surface area contributed by atoms with Gasteiger partial charge in [-0.25, -0.2) is 13.2 Å². The molecule has 136 valence electrons. The molecule has 6 heteroatoms. The van der Waals surface area contributed by atoms with E-state index in [1.54, 1.807) is 6.20 Å². The maximum absolute atomic E-state index is 14.5. The summed E-state index contributed by atoms with van der Waals surface area (Å²) in [4.78, 5) is 2.23. The Labute approximate surface area is 153 Å². The lowest BCUT2D eigenvalue weighted by atomic mass is 9.96. The average molecular weight is 377 g/mol. The van der Waals surface area contributed by atoms with Gasteiger partial charge in [-0.1, -0.05) is 6.08 Å². The molecule has 0 fully saturated rings. The normalized spacial score (nSPS) is 16.7. The molecule has 0 spiro atoms. The molecule has 0 aromatic heterocycles. The van der Waals surface area contributed by atoms with Crippen molar-refractivity contribution in [2.75, 3.05) is 13.6 Å². The second-order valence-electron chi connectivity index (χ2n) is 6.21. The Bertz CT molecular complexity index is 906. The molecule has 0 saturated carbocycles. The van der Waals surface area contributed by atoms with Crippen molar-refractivity contribution in [1.82, 2.24) is 4.90 Å². The van der Waals surface area contributed by atoms with Crippen LogP contribution in [0.3, 0.4) is 0 Å². The first kappa shape index (κ1) is 18.5. The summed E-state index contributed by atoms with van der Waals surface area (Å²) in [6.45, 7) is 2.53. The molecule has 1 heterocycles. The van der Waals surface area contributed by atoms with E-state index in [0.29, 0.717) is 17.0 Å². The number of rotatable bonds is 4. The molecule has 0 saturated heterocycles. The van der Waals surface area contributed by atoms with E-state index in [-0.39, 0.29) is 5.56 Å². The predicted molar refractivity (Wildman–Crippen MR) is 96.4 cm³/mol. The Balaban J connectivity index is 2.16. The highest BCUT2D eigenvalue weighted by atomic mass is 32.2. The van der Waals surface area contributed by atoms with Gasteiger partial charge in [0.05, 0.1) is 16.0 Å².